The van der Waals surface area contributed by atoms with E-state index in [2.05, 4.69) is 0 Å². The van der Waals surface area contributed by atoms with Gasteiger partial charge in [0.15, 0.2) is 0 Å². The van der Waals surface area contributed by atoms with Crippen LogP contribution >= 0.6 is 11.8 Å². The van der Waals surface area contributed by atoms with E-state index < -0.39 is 11.6 Å². The predicted octanol–water partition coefficient (Wildman–Crippen LogP) is 2.84. The zero-order valence-electron chi connectivity index (χ0n) is 12.4. The molecule has 0 aliphatic rings. The molecule has 0 spiro atoms. The molecule has 6 heteroatoms. The van der Waals surface area contributed by atoms with Gasteiger partial charge in [0.25, 0.3) is 0 Å². The average molecular weight is 312 g/mol. The summed E-state index contributed by atoms with van der Waals surface area (Å²) >= 11 is 1.42. The van der Waals surface area contributed by atoms with E-state index in [9.17, 15) is 9.59 Å². The summed E-state index contributed by atoms with van der Waals surface area (Å²) in [5, 5.41) is 8.86. The van der Waals surface area contributed by atoms with Crippen LogP contribution in [0.15, 0.2) is 24.3 Å². The van der Waals surface area contributed by atoms with E-state index in [1.165, 1.54) is 23.9 Å². The number of carbonyl (C=O) groups excluding carboxylic acids is 1. The molecule has 0 radical (unpaired) electrons. The van der Waals surface area contributed by atoms with Crippen LogP contribution in [0.3, 0.4) is 0 Å². The third-order valence-electron chi connectivity index (χ3n) is 2.22. The molecule has 1 N–H and O–H groups in total. The Morgan fingerprint density at radius 3 is 2.62 bits per heavy atom. The van der Waals surface area contributed by atoms with Gasteiger partial charge in [-0.3, -0.25) is 4.79 Å². The predicted molar refractivity (Wildman–Crippen MR) is 82.1 cm³/mol. The molecule has 0 aliphatic carbocycles. The van der Waals surface area contributed by atoms with Gasteiger partial charge in [0.2, 0.25) is 0 Å². The van der Waals surface area contributed by atoms with Crippen LogP contribution in [0.4, 0.5) is 0 Å². The van der Waals surface area contributed by atoms with E-state index in [4.69, 9.17) is 14.6 Å². The van der Waals surface area contributed by atoms with Crippen molar-refractivity contribution in [1.82, 2.24) is 0 Å². The summed E-state index contributed by atoms with van der Waals surface area (Å²) in [5.74, 6) is 0.166. The smallest absolute Gasteiger partial charge is 0.335 e. The molecule has 1 rings (SSSR count). The molecule has 21 heavy (non-hydrogen) atoms. The van der Waals surface area contributed by atoms with Gasteiger partial charge in [0.1, 0.15) is 11.4 Å². The number of aromatic carboxylic acids is 1. The van der Waals surface area contributed by atoms with E-state index >= 15 is 0 Å². The first kappa shape index (κ1) is 17.4. The number of hydrogen-bond donors (Lipinski definition) is 1. The van der Waals surface area contributed by atoms with E-state index in [0.29, 0.717) is 18.1 Å². The second kappa shape index (κ2) is 7.93. The standard InChI is InChI=1S/C15H20O5S/c1-15(2,3)20-13(16)10-21-8-7-19-12-6-4-5-11(9-12)14(17)18/h4-6,9H,7-8,10H2,1-3H3,(H,17,18). The Morgan fingerprint density at radius 1 is 1.29 bits per heavy atom. The number of benzene rings is 1. The Labute approximate surface area is 128 Å². The summed E-state index contributed by atoms with van der Waals surface area (Å²) in [4.78, 5) is 22.3. The summed E-state index contributed by atoms with van der Waals surface area (Å²) in [6.45, 7) is 5.88. The SMILES string of the molecule is CC(C)(C)OC(=O)CSCCOc1cccc(C(=O)O)c1. The van der Waals surface area contributed by atoms with Crippen LogP contribution in [0.25, 0.3) is 0 Å². The molecule has 0 bridgehead atoms. The molecule has 0 aliphatic heterocycles. The van der Waals surface area contributed by atoms with Crippen molar-refractivity contribution in [3.8, 4) is 5.75 Å². The fourth-order valence-electron chi connectivity index (χ4n) is 1.46. The van der Waals surface area contributed by atoms with Crippen molar-refractivity contribution in [1.29, 1.82) is 0 Å². The Hall–Kier alpha value is -1.69. The molecule has 0 unspecified atom stereocenters. The fraction of sp³-hybridized carbons (Fsp3) is 0.467. The first-order chi connectivity index (χ1) is 9.78. The van der Waals surface area contributed by atoms with Crippen LogP contribution in [0, 0.1) is 0 Å². The lowest BCUT2D eigenvalue weighted by atomic mass is 10.2. The zero-order valence-corrected chi connectivity index (χ0v) is 13.2. The molecule has 0 atom stereocenters. The van der Waals surface area contributed by atoms with Crippen LogP contribution in [0.1, 0.15) is 31.1 Å². The van der Waals surface area contributed by atoms with Crippen LogP contribution in [-0.4, -0.2) is 40.8 Å². The molecule has 0 heterocycles. The van der Waals surface area contributed by atoms with Gasteiger partial charge in [-0.05, 0) is 39.0 Å². The highest BCUT2D eigenvalue weighted by atomic mass is 32.2. The molecule has 0 fully saturated rings. The second-order valence-electron chi connectivity index (χ2n) is 5.32. The van der Waals surface area contributed by atoms with Crippen LogP contribution in [0.2, 0.25) is 0 Å². The molecule has 5 nitrogen and oxygen atoms in total. The van der Waals surface area contributed by atoms with E-state index in [1.54, 1.807) is 12.1 Å². The number of hydrogen-bond acceptors (Lipinski definition) is 5. The normalized spacial score (nSPS) is 11.0. The van der Waals surface area contributed by atoms with Crippen molar-refractivity contribution < 1.29 is 24.2 Å². The van der Waals surface area contributed by atoms with Gasteiger partial charge in [-0.1, -0.05) is 6.07 Å². The summed E-state index contributed by atoms with van der Waals surface area (Å²) < 4.78 is 10.6. The summed E-state index contributed by atoms with van der Waals surface area (Å²) in [7, 11) is 0. The molecular weight excluding hydrogens is 292 g/mol. The first-order valence-electron chi connectivity index (χ1n) is 6.54. The van der Waals surface area contributed by atoms with Gasteiger partial charge < -0.3 is 14.6 Å². The summed E-state index contributed by atoms with van der Waals surface area (Å²) in [5.41, 5.74) is -0.278. The molecule has 0 saturated heterocycles. The largest absolute Gasteiger partial charge is 0.493 e. The van der Waals surface area contributed by atoms with Crippen LogP contribution in [0.5, 0.6) is 5.75 Å². The maximum Gasteiger partial charge on any atom is 0.335 e. The van der Waals surface area contributed by atoms with Crippen LogP contribution in [-0.2, 0) is 9.53 Å². The number of ether oxygens (including phenoxy) is 2. The quantitative estimate of drug-likeness (QED) is 0.616. The Kier molecular flexibility index (Phi) is 6.55. The van der Waals surface area contributed by atoms with E-state index in [-0.39, 0.29) is 17.3 Å². The Morgan fingerprint density at radius 2 is 2.00 bits per heavy atom. The molecule has 116 valence electrons. The minimum absolute atomic E-state index is 0.189. The Bertz CT molecular complexity index is 493. The lowest BCUT2D eigenvalue weighted by Gasteiger charge is -2.19. The van der Waals surface area contributed by atoms with Gasteiger partial charge in [0, 0.05) is 5.75 Å². The van der Waals surface area contributed by atoms with Gasteiger partial charge in [0.05, 0.1) is 17.9 Å². The number of carbonyl (C=O) groups is 2. The molecule has 1 aromatic carbocycles. The second-order valence-corrected chi connectivity index (χ2v) is 6.43. The minimum Gasteiger partial charge on any atom is -0.493 e. The third-order valence-corrected chi connectivity index (χ3v) is 3.11. The van der Waals surface area contributed by atoms with E-state index in [0.717, 1.165) is 0 Å². The lowest BCUT2D eigenvalue weighted by molar-refractivity contribution is -0.151. The number of carboxylic acid groups (broad SMARTS) is 1. The lowest BCUT2D eigenvalue weighted by Crippen LogP contribution is -2.25. The molecule has 1 aromatic rings. The van der Waals surface area contributed by atoms with Gasteiger partial charge in [-0.2, -0.15) is 0 Å². The summed E-state index contributed by atoms with van der Waals surface area (Å²) in [6.07, 6.45) is 0. The van der Waals surface area contributed by atoms with Crippen molar-refractivity contribution in [3.05, 3.63) is 29.8 Å². The topological polar surface area (TPSA) is 72.8 Å². The number of carboxylic acids is 1. The molecule has 0 amide bonds. The van der Waals surface area contributed by atoms with Crippen molar-refractivity contribution in [3.63, 3.8) is 0 Å². The molecular formula is C15H20O5S. The van der Waals surface area contributed by atoms with Gasteiger partial charge in [-0.15, -0.1) is 11.8 Å². The first-order valence-corrected chi connectivity index (χ1v) is 7.69. The summed E-state index contributed by atoms with van der Waals surface area (Å²) in [6, 6.07) is 6.31. The van der Waals surface area contributed by atoms with E-state index in [1.807, 2.05) is 20.8 Å². The maximum atomic E-state index is 11.5. The fourth-order valence-corrected chi connectivity index (χ4v) is 2.03. The highest BCUT2D eigenvalue weighted by molar-refractivity contribution is 7.99. The Balaban J connectivity index is 2.24. The van der Waals surface area contributed by atoms with Crippen molar-refractivity contribution in [2.45, 2.75) is 26.4 Å². The third kappa shape index (κ3) is 7.60. The van der Waals surface area contributed by atoms with Crippen molar-refractivity contribution in [2.75, 3.05) is 18.1 Å². The minimum atomic E-state index is -0.986. The van der Waals surface area contributed by atoms with Crippen molar-refractivity contribution >= 4 is 23.7 Å². The monoisotopic (exact) mass is 312 g/mol. The average Bonchev–Trinajstić information content (AvgIpc) is 2.36. The molecule has 0 saturated carbocycles. The number of thioether (sulfide) groups is 1. The number of rotatable bonds is 7. The zero-order chi connectivity index (χ0) is 15.9. The highest BCUT2D eigenvalue weighted by Gasteiger charge is 2.15. The van der Waals surface area contributed by atoms with Crippen molar-refractivity contribution in [2.24, 2.45) is 0 Å². The maximum absolute atomic E-state index is 11.5. The molecule has 0 aromatic heterocycles. The van der Waals surface area contributed by atoms with Crippen LogP contribution < -0.4 is 4.74 Å². The number of esters is 1. The van der Waals surface area contributed by atoms with Gasteiger partial charge in [-0.25, -0.2) is 4.79 Å². The van der Waals surface area contributed by atoms with Gasteiger partial charge >= 0.3 is 11.9 Å². The highest BCUT2D eigenvalue weighted by Crippen LogP contribution is 2.14.